The highest BCUT2D eigenvalue weighted by Crippen LogP contribution is 2.68. The van der Waals surface area contributed by atoms with Gasteiger partial charge in [-0.15, -0.1) is 0 Å². The highest BCUT2D eigenvalue weighted by atomic mass is 16.4. The first-order valence-corrected chi connectivity index (χ1v) is 11.5. The van der Waals surface area contributed by atoms with Crippen molar-refractivity contribution in [3.05, 3.63) is 0 Å². The lowest BCUT2D eigenvalue weighted by molar-refractivity contribution is -0.140. The van der Waals surface area contributed by atoms with Crippen LogP contribution in [0.25, 0.3) is 0 Å². The zero-order valence-electron chi connectivity index (χ0n) is 17.5. The third kappa shape index (κ3) is 3.08. The molecule has 27 heavy (non-hydrogen) atoms. The van der Waals surface area contributed by atoms with Crippen LogP contribution in [0, 0.1) is 46.3 Å². The SMILES string of the molecule is C[C@H](CCC(=O)O)C1CCC2[C@@H]3CC[C@@H]4CC(=O)CC[C@]4(C)C3CC[C@@]21C. The maximum absolute atomic E-state index is 12.0. The maximum atomic E-state index is 12.0. The van der Waals surface area contributed by atoms with Gasteiger partial charge in [-0.3, -0.25) is 9.59 Å². The minimum Gasteiger partial charge on any atom is -0.481 e. The second-order valence-electron chi connectivity index (χ2n) is 11.0. The molecular formula is C24H38O3. The van der Waals surface area contributed by atoms with Crippen LogP contribution in [0.4, 0.5) is 0 Å². The van der Waals surface area contributed by atoms with Gasteiger partial charge in [0.1, 0.15) is 5.78 Å². The van der Waals surface area contributed by atoms with Crippen LogP contribution in [-0.2, 0) is 9.59 Å². The molecule has 4 saturated carbocycles. The van der Waals surface area contributed by atoms with Gasteiger partial charge < -0.3 is 5.11 Å². The van der Waals surface area contributed by atoms with E-state index < -0.39 is 5.97 Å². The van der Waals surface area contributed by atoms with Gasteiger partial charge in [-0.25, -0.2) is 0 Å². The number of carboxylic acid groups (broad SMARTS) is 1. The quantitative estimate of drug-likeness (QED) is 0.685. The molecule has 4 aliphatic carbocycles. The molecule has 4 rings (SSSR count). The van der Waals surface area contributed by atoms with E-state index >= 15 is 0 Å². The van der Waals surface area contributed by atoms with Gasteiger partial charge in [-0.05, 0) is 97.7 Å². The topological polar surface area (TPSA) is 54.4 Å². The van der Waals surface area contributed by atoms with Gasteiger partial charge in [0.2, 0.25) is 0 Å². The molecule has 0 spiro atoms. The van der Waals surface area contributed by atoms with Crippen molar-refractivity contribution in [3.8, 4) is 0 Å². The lowest BCUT2D eigenvalue weighted by Crippen LogP contribution is -2.53. The fourth-order valence-corrected chi connectivity index (χ4v) is 8.57. The molecule has 0 bridgehead atoms. The first-order valence-electron chi connectivity index (χ1n) is 11.5. The van der Waals surface area contributed by atoms with E-state index in [9.17, 15) is 9.59 Å². The third-order valence-electron chi connectivity index (χ3n) is 10.1. The standard InChI is InChI=1S/C24H38O3/c1-15(4-9-22(26)27)19-7-8-20-18-6-5-16-14-17(25)10-12-23(16,2)21(18)11-13-24(19,20)3/h15-16,18-21H,4-14H2,1-3H3,(H,26,27)/t15-,16-,18+,19?,20?,21?,23+,24-/m1/s1. The molecule has 0 aromatic rings. The smallest absolute Gasteiger partial charge is 0.303 e. The number of carboxylic acids is 1. The Morgan fingerprint density at radius 2 is 1.81 bits per heavy atom. The summed E-state index contributed by atoms with van der Waals surface area (Å²) in [7, 11) is 0. The molecule has 0 saturated heterocycles. The Balaban J connectivity index is 1.52. The van der Waals surface area contributed by atoms with E-state index in [1.165, 1.54) is 38.5 Å². The second-order valence-corrected chi connectivity index (χ2v) is 11.0. The van der Waals surface area contributed by atoms with Crippen molar-refractivity contribution in [2.75, 3.05) is 0 Å². The lowest BCUT2D eigenvalue weighted by Gasteiger charge is -2.60. The second kappa shape index (κ2) is 6.88. The lowest BCUT2D eigenvalue weighted by atomic mass is 9.44. The van der Waals surface area contributed by atoms with Crippen LogP contribution in [0.5, 0.6) is 0 Å². The van der Waals surface area contributed by atoms with Crippen molar-refractivity contribution >= 4 is 11.8 Å². The number of fused-ring (bicyclic) bond motifs is 5. The molecular weight excluding hydrogens is 336 g/mol. The van der Waals surface area contributed by atoms with E-state index in [0.717, 1.165) is 43.4 Å². The van der Waals surface area contributed by atoms with Crippen LogP contribution in [0.1, 0.15) is 91.4 Å². The molecule has 0 aromatic heterocycles. The highest BCUT2D eigenvalue weighted by Gasteiger charge is 2.60. The molecule has 4 aliphatic rings. The molecule has 3 heteroatoms. The van der Waals surface area contributed by atoms with Gasteiger partial charge in [0.15, 0.2) is 0 Å². The van der Waals surface area contributed by atoms with Crippen molar-refractivity contribution in [3.63, 3.8) is 0 Å². The van der Waals surface area contributed by atoms with Crippen LogP contribution in [0.2, 0.25) is 0 Å². The fraction of sp³-hybridized carbons (Fsp3) is 0.917. The van der Waals surface area contributed by atoms with Crippen LogP contribution < -0.4 is 0 Å². The van der Waals surface area contributed by atoms with Gasteiger partial charge in [0.25, 0.3) is 0 Å². The normalized spacial score (nSPS) is 47.7. The van der Waals surface area contributed by atoms with Crippen molar-refractivity contribution in [1.82, 2.24) is 0 Å². The minimum absolute atomic E-state index is 0.318. The molecule has 3 unspecified atom stereocenters. The number of carbonyl (C=O) groups is 2. The van der Waals surface area contributed by atoms with Crippen LogP contribution in [-0.4, -0.2) is 16.9 Å². The number of ketones is 1. The van der Waals surface area contributed by atoms with Crippen LogP contribution >= 0.6 is 0 Å². The highest BCUT2D eigenvalue weighted by molar-refractivity contribution is 5.79. The molecule has 0 aliphatic heterocycles. The molecule has 3 nitrogen and oxygen atoms in total. The fourth-order valence-electron chi connectivity index (χ4n) is 8.57. The molecule has 4 fully saturated rings. The van der Waals surface area contributed by atoms with E-state index in [0.29, 0.717) is 40.8 Å². The number of Topliss-reactive ketones (excluding diaryl/α,β-unsaturated/α-hetero) is 1. The Hall–Kier alpha value is -0.860. The molecule has 0 radical (unpaired) electrons. The average Bonchev–Trinajstić information content (AvgIpc) is 2.97. The summed E-state index contributed by atoms with van der Waals surface area (Å²) in [6.07, 6.45) is 11.8. The molecule has 1 N–H and O–H groups in total. The van der Waals surface area contributed by atoms with E-state index in [1.54, 1.807) is 0 Å². The van der Waals surface area contributed by atoms with Gasteiger partial charge in [0.05, 0.1) is 0 Å². The molecule has 0 heterocycles. The van der Waals surface area contributed by atoms with Crippen LogP contribution in [0.3, 0.4) is 0 Å². The van der Waals surface area contributed by atoms with Crippen molar-refractivity contribution in [2.45, 2.75) is 91.4 Å². The Labute approximate surface area is 164 Å². The minimum atomic E-state index is -0.650. The first-order chi connectivity index (χ1) is 12.8. The number of rotatable bonds is 4. The van der Waals surface area contributed by atoms with Crippen molar-refractivity contribution in [1.29, 1.82) is 0 Å². The number of carbonyl (C=O) groups excluding carboxylic acids is 1. The van der Waals surface area contributed by atoms with E-state index in [-0.39, 0.29) is 0 Å². The summed E-state index contributed by atoms with van der Waals surface area (Å²) in [6.45, 7) is 7.37. The van der Waals surface area contributed by atoms with Gasteiger partial charge >= 0.3 is 5.97 Å². The number of hydrogen-bond donors (Lipinski definition) is 1. The predicted molar refractivity (Wildman–Crippen MR) is 106 cm³/mol. The van der Waals surface area contributed by atoms with Crippen molar-refractivity contribution in [2.24, 2.45) is 46.3 Å². The molecule has 0 amide bonds. The third-order valence-corrected chi connectivity index (χ3v) is 10.1. The summed E-state index contributed by atoms with van der Waals surface area (Å²) in [5, 5.41) is 9.09. The Kier molecular flexibility index (Phi) is 4.96. The summed E-state index contributed by atoms with van der Waals surface area (Å²) in [5.74, 6) is 4.19. The summed E-state index contributed by atoms with van der Waals surface area (Å²) in [6, 6.07) is 0. The Morgan fingerprint density at radius 3 is 2.56 bits per heavy atom. The number of hydrogen-bond acceptors (Lipinski definition) is 2. The number of aliphatic carboxylic acids is 1. The monoisotopic (exact) mass is 374 g/mol. The first kappa shape index (κ1) is 19.5. The summed E-state index contributed by atoms with van der Waals surface area (Å²) < 4.78 is 0. The molecule has 152 valence electrons. The van der Waals surface area contributed by atoms with Gasteiger partial charge in [-0.1, -0.05) is 20.8 Å². The maximum Gasteiger partial charge on any atom is 0.303 e. The summed E-state index contributed by atoms with van der Waals surface area (Å²) in [4.78, 5) is 23.1. The largest absolute Gasteiger partial charge is 0.481 e. The van der Waals surface area contributed by atoms with E-state index in [2.05, 4.69) is 20.8 Å². The zero-order chi connectivity index (χ0) is 19.4. The van der Waals surface area contributed by atoms with Gasteiger partial charge in [-0.2, -0.15) is 0 Å². The van der Waals surface area contributed by atoms with E-state index in [1.807, 2.05) is 0 Å². The van der Waals surface area contributed by atoms with E-state index in [4.69, 9.17) is 5.11 Å². The van der Waals surface area contributed by atoms with Crippen molar-refractivity contribution < 1.29 is 14.7 Å². The predicted octanol–water partition coefficient (Wildman–Crippen LogP) is 5.72. The molecule has 8 atom stereocenters. The summed E-state index contributed by atoms with van der Waals surface area (Å²) >= 11 is 0. The molecule has 0 aromatic carbocycles. The zero-order valence-corrected chi connectivity index (χ0v) is 17.5. The Bertz CT molecular complexity index is 613. The summed E-state index contributed by atoms with van der Waals surface area (Å²) in [5.41, 5.74) is 0.804. The van der Waals surface area contributed by atoms with Gasteiger partial charge in [0, 0.05) is 19.3 Å². The average molecular weight is 375 g/mol. The van der Waals surface area contributed by atoms with Crippen LogP contribution in [0.15, 0.2) is 0 Å². The Morgan fingerprint density at radius 1 is 1.07 bits per heavy atom.